The van der Waals surface area contributed by atoms with Gasteiger partial charge in [-0.15, -0.1) is 0 Å². The summed E-state index contributed by atoms with van der Waals surface area (Å²) in [6.07, 6.45) is -0.788. The molecule has 166 valence electrons. The molecule has 2 N–H and O–H groups in total. The molecule has 4 rings (SSSR count). The summed E-state index contributed by atoms with van der Waals surface area (Å²) >= 11 is 12.3. The Kier molecular flexibility index (Phi) is 6.53. The molecule has 3 aromatic rings. The van der Waals surface area contributed by atoms with Crippen molar-refractivity contribution in [3.63, 3.8) is 0 Å². The molecule has 1 aliphatic heterocycles. The van der Waals surface area contributed by atoms with Crippen LogP contribution in [0.4, 0.5) is 21.9 Å². The number of hydroxylamine groups is 1. The van der Waals surface area contributed by atoms with Crippen molar-refractivity contribution in [3.05, 3.63) is 98.0 Å². The van der Waals surface area contributed by atoms with Crippen molar-refractivity contribution in [1.29, 1.82) is 0 Å². The molecule has 0 spiro atoms. The lowest BCUT2D eigenvalue weighted by molar-refractivity contribution is -0.384. The number of non-ortho nitro benzene ring substituents is 1. The van der Waals surface area contributed by atoms with Gasteiger partial charge in [0.2, 0.25) is 0 Å². The SMILES string of the molecule is O=C(Nc1cccc(Cl)c1)ONC1=Nc2ccc([N+](=O)[O-])cc2C(c2ccccc2Cl)=NC1. The monoisotopic (exact) mass is 483 g/mol. The minimum atomic E-state index is -0.788. The van der Waals surface area contributed by atoms with Gasteiger partial charge in [-0.1, -0.05) is 47.5 Å². The highest BCUT2D eigenvalue weighted by Gasteiger charge is 2.21. The first kappa shape index (κ1) is 22.3. The number of nitro groups is 1. The number of hydrogen-bond donors (Lipinski definition) is 2. The van der Waals surface area contributed by atoms with Crippen LogP contribution in [0.5, 0.6) is 0 Å². The summed E-state index contributed by atoms with van der Waals surface area (Å²) in [6, 6.07) is 17.8. The molecule has 1 heterocycles. The first-order chi connectivity index (χ1) is 15.9. The summed E-state index contributed by atoms with van der Waals surface area (Å²) in [5.74, 6) is 0.216. The number of amides is 1. The number of hydrogen-bond acceptors (Lipinski definition) is 7. The fraction of sp³-hybridized carbons (Fsp3) is 0.0455. The standard InChI is InChI=1S/C22H15Cl2N5O4/c23-13-4-3-5-14(10-13)26-22(30)33-28-20-12-25-21(16-6-1-2-7-18(16)24)17-11-15(29(31)32)8-9-19(17)27-20/h1-11H,12H2,(H,26,30)(H,27,28). The van der Waals surface area contributed by atoms with Gasteiger partial charge < -0.3 is 4.84 Å². The average Bonchev–Trinajstić information content (AvgIpc) is 2.97. The van der Waals surface area contributed by atoms with E-state index in [1.54, 1.807) is 48.5 Å². The zero-order chi connectivity index (χ0) is 23.4. The number of nitrogens with zero attached hydrogens (tertiary/aromatic N) is 3. The van der Waals surface area contributed by atoms with Crippen LogP contribution in [0.25, 0.3) is 0 Å². The van der Waals surface area contributed by atoms with Crippen LogP contribution in [0.3, 0.4) is 0 Å². The Morgan fingerprint density at radius 1 is 1.03 bits per heavy atom. The zero-order valence-electron chi connectivity index (χ0n) is 16.8. The van der Waals surface area contributed by atoms with Crippen molar-refractivity contribution >= 4 is 57.9 Å². The Morgan fingerprint density at radius 2 is 1.85 bits per heavy atom. The molecule has 1 amide bonds. The summed E-state index contributed by atoms with van der Waals surface area (Å²) in [4.78, 5) is 37.0. The minimum absolute atomic E-state index is 0.00742. The zero-order valence-corrected chi connectivity index (χ0v) is 18.3. The van der Waals surface area contributed by atoms with Gasteiger partial charge in [-0.25, -0.2) is 15.3 Å². The van der Waals surface area contributed by atoms with Crippen molar-refractivity contribution in [1.82, 2.24) is 5.48 Å². The van der Waals surface area contributed by atoms with Crippen LogP contribution < -0.4 is 10.8 Å². The quantitative estimate of drug-likeness (QED) is 0.374. The first-order valence-corrected chi connectivity index (χ1v) is 10.3. The van der Waals surface area contributed by atoms with Crippen LogP contribution in [0, 0.1) is 10.1 Å². The summed E-state index contributed by atoms with van der Waals surface area (Å²) < 4.78 is 0. The number of fused-ring (bicyclic) bond motifs is 1. The second kappa shape index (κ2) is 9.68. The number of benzene rings is 3. The maximum Gasteiger partial charge on any atom is 0.435 e. The van der Waals surface area contributed by atoms with Gasteiger partial charge in [0.1, 0.15) is 6.54 Å². The van der Waals surface area contributed by atoms with E-state index in [0.29, 0.717) is 38.3 Å². The molecule has 0 atom stereocenters. The molecule has 1 aliphatic rings. The molecular formula is C22H15Cl2N5O4. The maximum absolute atomic E-state index is 12.1. The van der Waals surface area contributed by atoms with E-state index in [4.69, 9.17) is 28.0 Å². The Balaban J connectivity index is 1.60. The van der Waals surface area contributed by atoms with E-state index in [-0.39, 0.29) is 18.1 Å². The molecule has 11 heteroatoms. The lowest BCUT2D eigenvalue weighted by Gasteiger charge is -2.09. The van der Waals surface area contributed by atoms with Crippen molar-refractivity contribution < 1.29 is 14.6 Å². The fourth-order valence-corrected chi connectivity index (χ4v) is 3.51. The summed E-state index contributed by atoms with van der Waals surface area (Å²) in [5, 5.41) is 14.7. The highest BCUT2D eigenvalue weighted by Crippen LogP contribution is 2.31. The number of nitro benzene ring substituents is 1. The van der Waals surface area contributed by atoms with Crippen molar-refractivity contribution in [2.45, 2.75) is 0 Å². The number of carbonyl (C=O) groups is 1. The predicted octanol–water partition coefficient (Wildman–Crippen LogP) is 5.54. The minimum Gasteiger partial charge on any atom is -0.323 e. The number of rotatable bonds is 3. The van der Waals surface area contributed by atoms with Gasteiger partial charge in [0.05, 0.1) is 16.3 Å². The molecule has 3 aromatic carbocycles. The Bertz CT molecular complexity index is 1310. The molecule has 0 saturated heterocycles. The van der Waals surface area contributed by atoms with Gasteiger partial charge in [-0.2, -0.15) is 0 Å². The molecule has 9 nitrogen and oxygen atoms in total. The fourth-order valence-electron chi connectivity index (χ4n) is 3.10. The third kappa shape index (κ3) is 5.28. The van der Waals surface area contributed by atoms with Gasteiger partial charge in [-0.05, 0) is 30.3 Å². The Morgan fingerprint density at radius 3 is 2.61 bits per heavy atom. The largest absolute Gasteiger partial charge is 0.435 e. The normalized spacial score (nSPS) is 12.5. The van der Waals surface area contributed by atoms with Crippen LogP contribution in [0.15, 0.2) is 76.7 Å². The number of carbonyl (C=O) groups excluding carboxylic acids is 1. The lowest BCUT2D eigenvalue weighted by atomic mass is 10.00. The average molecular weight is 484 g/mol. The van der Waals surface area contributed by atoms with Crippen LogP contribution in [-0.4, -0.2) is 29.1 Å². The van der Waals surface area contributed by atoms with Gasteiger partial charge in [-0.3, -0.25) is 20.4 Å². The van der Waals surface area contributed by atoms with E-state index >= 15 is 0 Å². The molecule has 0 bridgehead atoms. The highest BCUT2D eigenvalue weighted by molar-refractivity contribution is 6.36. The number of anilines is 1. The number of nitrogens with one attached hydrogen (secondary N) is 2. The molecular weight excluding hydrogens is 469 g/mol. The van der Waals surface area contributed by atoms with Crippen LogP contribution >= 0.6 is 23.2 Å². The molecule has 0 radical (unpaired) electrons. The van der Waals surface area contributed by atoms with Crippen molar-refractivity contribution in [2.24, 2.45) is 9.98 Å². The molecule has 33 heavy (non-hydrogen) atoms. The summed E-state index contributed by atoms with van der Waals surface area (Å²) in [7, 11) is 0. The molecule has 0 fully saturated rings. The van der Waals surface area contributed by atoms with Gasteiger partial charge in [0.15, 0.2) is 5.84 Å². The molecule has 0 saturated carbocycles. The Hall–Kier alpha value is -3.95. The van der Waals surface area contributed by atoms with E-state index in [2.05, 4.69) is 20.8 Å². The summed E-state index contributed by atoms with van der Waals surface area (Å²) in [6.45, 7) is 0.00742. The Labute approximate surface area is 197 Å². The number of aliphatic imine (C=N–C) groups is 2. The van der Waals surface area contributed by atoms with E-state index in [0.717, 1.165) is 0 Å². The third-order valence-electron chi connectivity index (χ3n) is 4.55. The second-order valence-electron chi connectivity index (χ2n) is 6.79. The molecule has 0 unspecified atom stereocenters. The molecule has 0 aromatic heterocycles. The van der Waals surface area contributed by atoms with E-state index in [9.17, 15) is 14.9 Å². The predicted molar refractivity (Wildman–Crippen MR) is 127 cm³/mol. The van der Waals surface area contributed by atoms with Gasteiger partial charge in [0, 0.05) is 39.0 Å². The first-order valence-electron chi connectivity index (χ1n) is 9.56. The number of amidine groups is 1. The van der Waals surface area contributed by atoms with E-state index < -0.39 is 11.0 Å². The maximum atomic E-state index is 12.1. The lowest BCUT2D eigenvalue weighted by Crippen LogP contribution is -2.31. The molecule has 0 aliphatic carbocycles. The van der Waals surface area contributed by atoms with Crippen LogP contribution in [0.2, 0.25) is 10.0 Å². The smallest absolute Gasteiger partial charge is 0.323 e. The van der Waals surface area contributed by atoms with Crippen LogP contribution in [0.1, 0.15) is 11.1 Å². The second-order valence-corrected chi connectivity index (χ2v) is 7.63. The number of halogens is 2. The highest BCUT2D eigenvalue weighted by atomic mass is 35.5. The topological polar surface area (TPSA) is 118 Å². The van der Waals surface area contributed by atoms with E-state index in [1.807, 2.05) is 0 Å². The van der Waals surface area contributed by atoms with Crippen molar-refractivity contribution in [2.75, 3.05) is 11.9 Å². The van der Waals surface area contributed by atoms with E-state index in [1.165, 1.54) is 18.2 Å². The van der Waals surface area contributed by atoms with Gasteiger partial charge in [0.25, 0.3) is 5.69 Å². The van der Waals surface area contributed by atoms with Gasteiger partial charge >= 0.3 is 6.09 Å². The van der Waals surface area contributed by atoms with Crippen LogP contribution in [-0.2, 0) is 4.84 Å². The van der Waals surface area contributed by atoms with Crippen molar-refractivity contribution in [3.8, 4) is 0 Å². The summed E-state index contributed by atoms with van der Waals surface area (Å²) in [5.41, 5.74) is 4.69. The third-order valence-corrected chi connectivity index (χ3v) is 5.11.